The van der Waals surface area contributed by atoms with Gasteiger partial charge in [-0.05, 0) is 109 Å². The molecule has 0 amide bonds. The fourth-order valence-electron chi connectivity index (χ4n) is 6.27. The van der Waals surface area contributed by atoms with Crippen LogP contribution >= 0.6 is 0 Å². The summed E-state index contributed by atoms with van der Waals surface area (Å²) in [6.07, 6.45) is 63.0. The minimum Gasteiger partial charge on any atom is -0.462 e. The maximum atomic E-state index is 12.8. The summed E-state index contributed by atoms with van der Waals surface area (Å²) in [7, 11) is 0. The van der Waals surface area contributed by atoms with Crippen LogP contribution in [0.1, 0.15) is 213 Å². The molecule has 5 heteroatoms. The molecule has 0 aliphatic heterocycles. The van der Waals surface area contributed by atoms with Crippen LogP contribution in [0.5, 0.6) is 0 Å². The molecule has 0 heterocycles. The van der Waals surface area contributed by atoms with Crippen LogP contribution in [-0.4, -0.2) is 37.9 Å². The van der Waals surface area contributed by atoms with Crippen LogP contribution in [0.2, 0.25) is 0 Å². The van der Waals surface area contributed by atoms with E-state index < -0.39 is 6.10 Å². The Morgan fingerprint density at radius 1 is 0.397 bits per heavy atom. The highest BCUT2D eigenvalue weighted by Gasteiger charge is 2.17. The van der Waals surface area contributed by atoms with Gasteiger partial charge in [-0.15, -0.1) is 0 Å². The Bertz CT molecular complexity index is 1090. The third-order valence-corrected chi connectivity index (χ3v) is 9.88. The molecule has 0 fully saturated rings. The first-order valence-corrected chi connectivity index (χ1v) is 24.1. The predicted octanol–water partition coefficient (Wildman–Crippen LogP) is 16.1. The Labute approximate surface area is 359 Å². The molecule has 1 unspecified atom stereocenters. The normalized spacial score (nSPS) is 12.9. The van der Waals surface area contributed by atoms with Gasteiger partial charge in [-0.1, -0.05) is 176 Å². The molecular weight excluding hydrogens is 717 g/mol. The molecule has 0 saturated carbocycles. The number of allylic oxidation sites excluding steroid dienone is 14. The van der Waals surface area contributed by atoms with E-state index in [0.717, 1.165) is 89.9 Å². The summed E-state index contributed by atoms with van der Waals surface area (Å²) >= 11 is 0. The summed E-state index contributed by atoms with van der Waals surface area (Å²) in [5, 5.41) is 0. The highest BCUT2D eigenvalue weighted by molar-refractivity contribution is 5.70. The lowest BCUT2D eigenvalue weighted by atomic mass is 10.1. The van der Waals surface area contributed by atoms with Crippen LogP contribution < -0.4 is 0 Å². The number of esters is 2. The molecule has 0 spiro atoms. The third kappa shape index (κ3) is 45.8. The van der Waals surface area contributed by atoms with Crippen LogP contribution in [-0.2, 0) is 23.8 Å². The van der Waals surface area contributed by atoms with Crippen molar-refractivity contribution in [3.8, 4) is 0 Å². The molecule has 0 rings (SSSR count). The molecule has 0 saturated heterocycles. The van der Waals surface area contributed by atoms with E-state index in [4.69, 9.17) is 14.2 Å². The number of carbonyl (C=O) groups is 2. The first-order valence-electron chi connectivity index (χ1n) is 24.1. The molecule has 58 heavy (non-hydrogen) atoms. The zero-order chi connectivity index (χ0) is 42.1. The van der Waals surface area contributed by atoms with Crippen molar-refractivity contribution in [1.29, 1.82) is 0 Å². The van der Waals surface area contributed by atoms with E-state index in [2.05, 4.69) is 106 Å². The van der Waals surface area contributed by atoms with Crippen molar-refractivity contribution in [3.63, 3.8) is 0 Å². The monoisotopic (exact) mass is 807 g/mol. The summed E-state index contributed by atoms with van der Waals surface area (Å²) in [5.41, 5.74) is 0. The molecule has 0 aromatic carbocycles. The minimum absolute atomic E-state index is 0.0521. The van der Waals surface area contributed by atoms with Crippen LogP contribution in [0, 0.1) is 0 Å². The van der Waals surface area contributed by atoms with Gasteiger partial charge in [0.1, 0.15) is 6.61 Å². The maximum absolute atomic E-state index is 12.8. The fraction of sp³-hybridized carbons (Fsp3) is 0.698. The summed E-state index contributed by atoms with van der Waals surface area (Å²) in [6, 6.07) is 0. The largest absolute Gasteiger partial charge is 0.462 e. The number of rotatable bonds is 43. The van der Waals surface area contributed by atoms with Gasteiger partial charge >= 0.3 is 11.9 Å². The molecule has 1 atom stereocenters. The van der Waals surface area contributed by atoms with Crippen molar-refractivity contribution < 1.29 is 23.8 Å². The second kappa shape index (κ2) is 48.4. The van der Waals surface area contributed by atoms with Crippen LogP contribution in [0.25, 0.3) is 0 Å². The van der Waals surface area contributed by atoms with E-state index in [-0.39, 0.29) is 25.2 Å². The standard InChI is InChI=1S/C53H90O5/c1-4-7-10-13-16-19-22-25-27-29-31-34-37-40-43-46-52(54)57-50-51(49-56-48-45-42-39-36-33-24-21-18-15-12-9-6-3)58-53(55)47-44-41-38-35-32-30-28-26-23-20-17-14-11-8-5-2/h7,10,15-20,25-28,31,34,51H,4-6,8-9,11-14,21-24,29-30,32-33,35-50H2,1-3H3/b10-7-,18-15-,19-16-,20-17-,27-25-,28-26-,34-31-. The first-order chi connectivity index (χ1) is 28.6. The second-order valence-electron chi connectivity index (χ2n) is 15.6. The van der Waals surface area contributed by atoms with Crippen molar-refractivity contribution in [2.75, 3.05) is 19.8 Å². The molecule has 5 nitrogen and oxygen atoms in total. The molecule has 0 aromatic rings. The Morgan fingerprint density at radius 2 is 0.793 bits per heavy atom. The number of ether oxygens (including phenoxy) is 3. The summed E-state index contributed by atoms with van der Waals surface area (Å²) in [6.45, 7) is 7.58. The van der Waals surface area contributed by atoms with E-state index in [0.29, 0.717) is 19.4 Å². The van der Waals surface area contributed by atoms with Crippen molar-refractivity contribution in [1.82, 2.24) is 0 Å². The van der Waals surface area contributed by atoms with Crippen LogP contribution in [0.3, 0.4) is 0 Å². The van der Waals surface area contributed by atoms with E-state index in [9.17, 15) is 9.59 Å². The van der Waals surface area contributed by atoms with Gasteiger partial charge in [0.2, 0.25) is 0 Å². The summed E-state index contributed by atoms with van der Waals surface area (Å²) in [4.78, 5) is 25.3. The van der Waals surface area contributed by atoms with Gasteiger partial charge in [-0.3, -0.25) is 9.59 Å². The number of unbranched alkanes of at least 4 members (excludes halogenated alkanes) is 18. The Kier molecular flexibility index (Phi) is 46.0. The Balaban J connectivity index is 4.38. The van der Waals surface area contributed by atoms with E-state index >= 15 is 0 Å². The molecule has 0 bridgehead atoms. The maximum Gasteiger partial charge on any atom is 0.306 e. The molecule has 0 aliphatic carbocycles. The molecular formula is C53H90O5. The molecule has 0 radical (unpaired) electrons. The highest BCUT2D eigenvalue weighted by Crippen LogP contribution is 2.12. The van der Waals surface area contributed by atoms with Crippen LogP contribution in [0.4, 0.5) is 0 Å². The first kappa shape index (κ1) is 55.1. The number of hydrogen-bond acceptors (Lipinski definition) is 5. The molecule has 332 valence electrons. The fourth-order valence-corrected chi connectivity index (χ4v) is 6.27. The highest BCUT2D eigenvalue weighted by atomic mass is 16.6. The van der Waals surface area contributed by atoms with Crippen molar-refractivity contribution in [3.05, 3.63) is 85.1 Å². The SMILES string of the molecule is CC/C=C\C/C=C\C/C=C\C/C=C\CCCCC(=O)OCC(COCCCCCCCC/C=C\CCCC)OC(=O)CCCCCCC/C=C\C/C=C\CCCCC. The van der Waals surface area contributed by atoms with Gasteiger partial charge in [0.05, 0.1) is 6.61 Å². The van der Waals surface area contributed by atoms with Crippen molar-refractivity contribution >= 4 is 11.9 Å². The summed E-state index contributed by atoms with van der Waals surface area (Å²) in [5.74, 6) is -0.468. The van der Waals surface area contributed by atoms with Gasteiger partial charge in [0.15, 0.2) is 6.10 Å². The topological polar surface area (TPSA) is 61.8 Å². The smallest absolute Gasteiger partial charge is 0.306 e. The molecule has 0 N–H and O–H groups in total. The van der Waals surface area contributed by atoms with Gasteiger partial charge in [-0.2, -0.15) is 0 Å². The van der Waals surface area contributed by atoms with E-state index in [1.165, 1.54) is 89.9 Å². The van der Waals surface area contributed by atoms with E-state index in [1.54, 1.807) is 0 Å². The van der Waals surface area contributed by atoms with Gasteiger partial charge in [0.25, 0.3) is 0 Å². The third-order valence-electron chi connectivity index (χ3n) is 9.88. The Hall–Kier alpha value is -2.92. The predicted molar refractivity (Wildman–Crippen MR) is 251 cm³/mol. The molecule has 0 aromatic heterocycles. The van der Waals surface area contributed by atoms with E-state index in [1.807, 2.05) is 0 Å². The summed E-state index contributed by atoms with van der Waals surface area (Å²) < 4.78 is 17.3. The van der Waals surface area contributed by atoms with Gasteiger partial charge < -0.3 is 14.2 Å². The van der Waals surface area contributed by atoms with Gasteiger partial charge in [-0.25, -0.2) is 0 Å². The minimum atomic E-state index is -0.566. The quantitative estimate of drug-likeness (QED) is 0.0349. The lowest BCUT2D eigenvalue weighted by Crippen LogP contribution is -2.30. The average molecular weight is 807 g/mol. The lowest BCUT2D eigenvalue weighted by Gasteiger charge is -2.18. The van der Waals surface area contributed by atoms with Crippen LogP contribution in [0.15, 0.2) is 85.1 Å². The lowest BCUT2D eigenvalue weighted by molar-refractivity contribution is -0.163. The zero-order valence-corrected chi connectivity index (χ0v) is 38.0. The average Bonchev–Trinajstić information content (AvgIpc) is 3.22. The number of hydrogen-bond donors (Lipinski definition) is 0. The van der Waals surface area contributed by atoms with Crippen molar-refractivity contribution in [2.45, 2.75) is 219 Å². The van der Waals surface area contributed by atoms with Crippen molar-refractivity contribution in [2.24, 2.45) is 0 Å². The van der Waals surface area contributed by atoms with Gasteiger partial charge in [0, 0.05) is 19.4 Å². The Morgan fingerprint density at radius 3 is 1.34 bits per heavy atom. The second-order valence-corrected chi connectivity index (χ2v) is 15.6. The number of carbonyl (C=O) groups excluding carboxylic acids is 2. The molecule has 0 aliphatic rings. The zero-order valence-electron chi connectivity index (χ0n) is 38.0.